The second kappa shape index (κ2) is 5.87. The van der Waals surface area contributed by atoms with Crippen LogP contribution in [0.1, 0.15) is 23.7 Å². The summed E-state index contributed by atoms with van der Waals surface area (Å²) in [6, 6.07) is 8.07. The molecular formula is C15H15ClN4S. The third kappa shape index (κ3) is 2.94. The molecule has 0 radical (unpaired) electrons. The monoisotopic (exact) mass is 318 g/mol. The quantitative estimate of drug-likeness (QED) is 0.772. The molecule has 0 saturated carbocycles. The first-order valence-electron chi connectivity index (χ1n) is 6.62. The van der Waals surface area contributed by atoms with Crippen LogP contribution in [-0.4, -0.2) is 14.5 Å². The molecule has 1 atom stereocenters. The van der Waals surface area contributed by atoms with E-state index in [0.717, 1.165) is 21.7 Å². The van der Waals surface area contributed by atoms with Gasteiger partial charge in [-0.2, -0.15) is 0 Å². The van der Waals surface area contributed by atoms with Crippen molar-refractivity contribution in [2.45, 2.75) is 19.9 Å². The van der Waals surface area contributed by atoms with E-state index in [2.05, 4.69) is 22.2 Å². The molecule has 3 aromatic heterocycles. The zero-order valence-electron chi connectivity index (χ0n) is 11.7. The van der Waals surface area contributed by atoms with Crippen molar-refractivity contribution in [2.75, 3.05) is 5.32 Å². The van der Waals surface area contributed by atoms with E-state index < -0.39 is 0 Å². The van der Waals surface area contributed by atoms with Crippen molar-refractivity contribution in [1.29, 1.82) is 0 Å². The fraction of sp³-hybridized carbons (Fsp3) is 0.200. The lowest BCUT2D eigenvalue weighted by Gasteiger charge is -2.17. The zero-order chi connectivity index (χ0) is 14.8. The normalized spacial score (nSPS) is 12.3. The summed E-state index contributed by atoms with van der Waals surface area (Å²) in [7, 11) is 0. The molecule has 6 heteroatoms. The molecule has 0 aliphatic carbocycles. The van der Waals surface area contributed by atoms with Crippen LogP contribution in [0, 0.1) is 6.92 Å². The number of aromatic nitrogens is 3. The van der Waals surface area contributed by atoms with Gasteiger partial charge in [-0.15, -0.1) is 11.3 Å². The van der Waals surface area contributed by atoms with Gasteiger partial charge in [-0.05, 0) is 38.1 Å². The lowest BCUT2D eigenvalue weighted by molar-refractivity contribution is 0.882. The van der Waals surface area contributed by atoms with Gasteiger partial charge in [-0.1, -0.05) is 11.6 Å². The Morgan fingerprint density at radius 2 is 2.10 bits per heavy atom. The molecule has 0 saturated heterocycles. The summed E-state index contributed by atoms with van der Waals surface area (Å²) in [5, 5.41) is 3.50. The Morgan fingerprint density at radius 1 is 1.24 bits per heavy atom. The van der Waals surface area contributed by atoms with Gasteiger partial charge < -0.3 is 5.32 Å². The predicted octanol–water partition coefficient (Wildman–Crippen LogP) is 4.46. The Bertz CT molecular complexity index is 749. The molecule has 3 aromatic rings. The average Bonchev–Trinajstić information content (AvgIpc) is 3.08. The van der Waals surface area contributed by atoms with E-state index in [4.69, 9.17) is 11.6 Å². The second-order valence-electron chi connectivity index (χ2n) is 4.73. The van der Waals surface area contributed by atoms with Gasteiger partial charge in [0.15, 0.2) is 5.82 Å². The van der Waals surface area contributed by atoms with Gasteiger partial charge in [0, 0.05) is 23.5 Å². The third-order valence-electron chi connectivity index (χ3n) is 3.23. The topological polar surface area (TPSA) is 42.7 Å². The van der Waals surface area contributed by atoms with Crippen molar-refractivity contribution in [3.8, 4) is 5.82 Å². The standard InChI is InChI=1S/C15H15ClN4S/c1-10(13-5-6-14(16)21-13)19-12-4-3-7-18-15(12)20-9-8-17-11(20)2/h3-10,19H,1-2H3. The lowest BCUT2D eigenvalue weighted by atomic mass is 10.2. The molecule has 0 fully saturated rings. The number of hydrogen-bond donors (Lipinski definition) is 1. The highest BCUT2D eigenvalue weighted by Gasteiger charge is 2.13. The smallest absolute Gasteiger partial charge is 0.161 e. The van der Waals surface area contributed by atoms with Crippen LogP contribution < -0.4 is 5.32 Å². The Morgan fingerprint density at radius 3 is 2.76 bits per heavy atom. The number of hydrogen-bond acceptors (Lipinski definition) is 4. The lowest BCUT2D eigenvalue weighted by Crippen LogP contribution is -2.09. The van der Waals surface area contributed by atoms with Crippen molar-refractivity contribution < 1.29 is 0 Å². The molecule has 0 aliphatic heterocycles. The summed E-state index contributed by atoms with van der Waals surface area (Å²) in [6.07, 6.45) is 5.47. The van der Waals surface area contributed by atoms with Crippen molar-refractivity contribution in [3.05, 3.63) is 57.9 Å². The first-order chi connectivity index (χ1) is 10.1. The van der Waals surface area contributed by atoms with Crippen molar-refractivity contribution in [1.82, 2.24) is 14.5 Å². The van der Waals surface area contributed by atoms with Gasteiger partial charge in [-0.3, -0.25) is 4.57 Å². The highest BCUT2D eigenvalue weighted by atomic mass is 35.5. The maximum atomic E-state index is 6.01. The number of pyridine rings is 1. The van der Waals surface area contributed by atoms with E-state index in [1.807, 2.05) is 42.0 Å². The Balaban J connectivity index is 1.91. The van der Waals surface area contributed by atoms with Gasteiger partial charge in [0.25, 0.3) is 0 Å². The maximum Gasteiger partial charge on any atom is 0.161 e. The van der Waals surface area contributed by atoms with Gasteiger partial charge in [0.05, 0.1) is 16.1 Å². The van der Waals surface area contributed by atoms with E-state index in [1.165, 1.54) is 4.88 Å². The van der Waals surface area contributed by atoms with Crippen LogP contribution in [0.4, 0.5) is 5.69 Å². The Kier molecular flexibility index (Phi) is 3.94. The second-order valence-corrected chi connectivity index (χ2v) is 6.47. The number of anilines is 1. The minimum Gasteiger partial charge on any atom is -0.375 e. The number of halogens is 1. The first kappa shape index (κ1) is 14.1. The van der Waals surface area contributed by atoms with Crippen LogP contribution in [0.3, 0.4) is 0 Å². The number of nitrogens with zero attached hydrogens (tertiary/aromatic N) is 3. The minimum atomic E-state index is 0.161. The summed E-state index contributed by atoms with van der Waals surface area (Å²) in [5.74, 6) is 1.76. The molecule has 3 heterocycles. The van der Waals surface area contributed by atoms with Gasteiger partial charge in [0.1, 0.15) is 5.82 Å². The number of thiophene rings is 1. The number of aryl methyl sites for hydroxylation is 1. The number of rotatable bonds is 4. The molecule has 0 aromatic carbocycles. The Hall–Kier alpha value is -1.85. The van der Waals surface area contributed by atoms with Crippen molar-refractivity contribution in [2.24, 2.45) is 0 Å². The Labute approximate surface area is 132 Å². The summed E-state index contributed by atoms with van der Waals surface area (Å²) in [6.45, 7) is 4.07. The van der Waals surface area contributed by atoms with E-state index in [9.17, 15) is 0 Å². The highest BCUT2D eigenvalue weighted by Crippen LogP contribution is 2.30. The molecule has 0 spiro atoms. The van der Waals surface area contributed by atoms with Crippen LogP contribution in [-0.2, 0) is 0 Å². The van der Waals surface area contributed by atoms with Gasteiger partial charge in [0.2, 0.25) is 0 Å². The molecule has 0 bridgehead atoms. The van der Waals surface area contributed by atoms with E-state index in [1.54, 1.807) is 23.7 Å². The molecule has 3 rings (SSSR count). The first-order valence-corrected chi connectivity index (χ1v) is 7.81. The van der Waals surface area contributed by atoms with Crippen LogP contribution in [0.5, 0.6) is 0 Å². The summed E-state index contributed by atoms with van der Waals surface area (Å²) in [4.78, 5) is 9.92. The van der Waals surface area contributed by atoms with Gasteiger partial charge in [-0.25, -0.2) is 9.97 Å². The average molecular weight is 319 g/mol. The van der Waals surface area contributed by atoms with Crippen LogP contribution >= 0.6 is 22.9 Å². The molecule has 1 N–H and O–H groups in total. The predicted molar refractivity (Wildman–Crippen MR) is 87.5 cm³/mol. The third-order valence-corrected chi connectivity index (χ3v) is 4.65. The number of nitrogens with one attached hydrogen (secondary N) is 1. The largest absolute Gasteiger partial charge is 0.375 e. The number of imidazole rings is 1. The summed E-state index contributed by atoms with van der Waals surface area (Å²) < 4.78 is 2.77. The fourth-order valence-corrected chi connectivity index (χ4v) is 3.23. The molecule has 1 unspecified atom stereocenters. The zero-order valence-corrected chi connectivity index (χ0v) is 13.3. The molecule has 0 aliphatic rings. The molecular weight excluding hydrogens is 304 g/mol. The fourth-order valence-electron chi connectivity index (χ4n) is 2.17. The van der Waals surface area contributed by atoms with Crippen LogP contribution in [0.2, 0.25) is 4.34 Å². The van der Waals surface area contributed by atoms with Crippen molar-refractivity contribution >= 4 is 28.6 Å². The van der Waals surface area contributed by atoms with E-state index in [-0.39, 0.29) is 6.04 Å². The molecule has 108 valence electrons. The molecule has 21 heavy (non-hydrogen) atoms. The summed E-state index contributed by atoms with van der Waals surface area (Å²) in [5.41, 5.74) is 0.968. The molecule has 4 nitrogen and oxygen atoms in total. The summed E-state index contributed by atoms with van der Waals surface area (Å²) >= 11 is 7.59. The highest BCUT2D eigenvalue weighted by molar-refractivity contribution is 7.16. The van der Waals surface area contributed by atoms with E-state index in [0.29, 0.717) is 0 Å². The van der Waals surface area contributed by atoms with E-state index >= 15 is 0 Å². The van der Waals surface area contributed by atoms with Crippen LogP contribution in [0.25, 0.3) is 5.82 Å². The SMILES string of the molecule is Cc1nccn1-c1ncccc1NC(C)c1ccc(Cl)s1. The van der Waals surface area contributed by atoms with Crippen molar-refractivity contribution in [3.63, 3.8) is 0 Å². The minimum absolute atomic E-state index is 0.161. The van der Waals surface area contributed by atoms with Gasteiger partial charge >= 0.3 is 0 Å². The van der Waals surface area contributed by atoms with Crippen LogP contribution in [0.15, 0.2) is 42.9 Å². The maximum absolute atomic E-state index is 6.01. The molecule has 0 amide bonds.